The molecule has 3 amide bonds. The van der Waals surface area contributed by atoms with Gasteiger partial charge in [0, 0.05) is 6.54 Å². The summed E-state index contributed by atoms with van der Waals surface area (Å²) in [6, 6.07) is -0.657. The van der Waals surface area contributed by atoms with Crippen molar-refractivity contribution >= 4 is 17.7 Å². The number of allylic oxidation sites excluding steroid dienone is 2. The number of amides is 3. The molecule has 0 aromatic heterocycles. The molecule has 4 rings (SSSR count). The smallest absolute Gasteiger partial charge is 0.243 e. The Labute approximate surface area is 124 Å². The third-order valence-electron chi connectivity index (χ3n) is 5.15. The van der Waals surface area contributed by atoms with Crippen LogP contribution >= 0.6 is 0 Å². The summed E-state index contributed by atoms with van der Waals surface area (Å²) in [5, 5.41) is 2.73. The van der Waals surface area contributed by atoms with Gasteiger partial charge in [-0.2, -0.15) is 0 Å². The number of likely N-dealkylation sites (N-methyl/N-ethyl adjacent to an activating group) is 1. The fourth-order valence-electron chi connectivity index (χ4n) is 4.18. The van der Waals surface area contributed by atoms with Crippen molar-refractivity contribution in [1.29, 1.82) is 0 Å². The van der Waals surface area contributed by atoms with Crippen molar-refractivity contribution in [1.82, 2.24) is 10.2 Å². The molecule has 5 unspecified atom stereocenters. The zero-order chi connectivity index (χ0) is 15.1. The molecule has 1 aliphatic heterocycles. The quantitative estimate of drug-likeness (QED) is 0.623. The van der Waals surface area contributed by atoms with Gasteiger partial charge >= 0.3 is 0 Å². The molecule has 2 fully saturated rings. The second-order valence-corrected chi connectivity index (χ2v) is 6.21. The Morgan fingerprint density at radius 3 is 2.10 bits per heavy atom. The van der Waals surface area contributed by atoms with Crippen LogP contribution in [0.15, 0.2) is 12.2 Å². The summed E-state index contributed by atoms with van der Waals surface area (Å²) >= 11 is 0. The van der Waals surface area contributed by atoms with Crippen molar-refractivity contribution in [2.24, 2.45) is 23.7 Å². The molecule has 3 aliphatic carbocycles. The van der Waals surface area contributed by atoms with E-state index in [0.29, 0.717) is 13.0 Å². The number of nitrogens with zero attached hydrogens (tertiary/aromatic N) is 1. The van der Waals surface area contributed by atoms with Gasteiger partial charge in [-0.3, -0.25) is 19.3 Å². The van der Waals surface area contributed by atoms with Crippen LogP contribution < -0.4 is 5.32 Å². The Balaban J connectivity index is 1.89. The molecule has 5 heteroatoms. The third-order valence-corrected chi connectivity index (χ3v) is 5.15. The zero-order valence-electron chi connectivity index (χ0n) is 12.5. The van der Waals surface area contributed by atoms with Crippen molar-refractivity contribution < 1.29 is 14.4 Å². The van der Waals surface area contributed by atoms with Crippen LogP contribution in [0, 0.1) is 23.7 Å². The van der Waals surface area contributed by atoms with Crippen molar-refractivity contribution in [3.63, 3.8) is 0 Å². The first kappa shape index (κ1) is 14.3. The van der Waals surface area contributed by atoms with E-state index in [1.165, 1.54) is 4.90 Å². The number of carbonyl (C=O) groups excluding carboxylic acids is 3. The van der Waals surface area contributed by atoms with Crippen LogP contribution in [0.1, 0.15) is 33.1 Å². The maximum absolute atomic E-state index is 12.7. The number of hydrogen-bond acceptors (Lipinski definition) is 3. The minimum absolute atomic E-state index is 0.137. The standard InChI is InChI=1S/C16H22N2O3/c1-3-11(14(19)17-4-2)18-15(20)12-9-5-6-10(8-7-9)13(12)16(18)21/h5-6,9-13H,3-4,7-8H2,1-2H3,(H,17,19). The average molecular weight is 290 g/mol. The molecule has 0 aromatic carbocycles. The van der Waals surface area contributed by atoms with E-state index in [-0.39, 0.29) is 41.4 Å². The average Bonchev–Trinajstić information content (AvgIpc) is 2.77. The monoisotopic (exact) mass is 290 g/mol. The summed E-state index contributed by atoms with van der Waals surface area (Å²) in [6.45, 7) is 4.18. The molecule has 1 N–H and O–H groups in total. The molecule has 1 saturated heterocycles. The van der Waals surface area contributed by atoms with Crippen LogP contribution in [-0.2, 0) is 14.4 Å². The molecular formula is C16H22N2O3. The van der Waals surface area contributed by atoms with Crippen LogP contribution in [0.3, 0.4) is 0 Å². The fourth-order valence-corrected chi connectivity index (χ4v) is 4.18. The molecule has 5 nitrogen and oxygen atoms in total. The lowest BCUT2D eigenvalue weighted by Gasteiger charge is -2.38. The third kappa shape index (κ3) is 2.01. The van der Waals surface area contributed by atoms with Crippen LogP contribution in [0.4, 0.5) is 0 Å². The number of likely N-dealkylation sites (tertiary alicyclic amines) is 1. The lowest BCUT2D eigenvalue weighted by molar-refractivity contribution is -0.148. The summed E-state index contributed by atoms with van der Waals surface area (Å²) in [4.78, 5) is 38.9. The molecule has 0 radical (unpaired) electrons. The van der Waals surface area contributed by atoms with E-state index in [9.17, 15) is 14.4 Å². The lowest BCUT2D eigenvalue weighted by Crippen LogP contribution is -2.49. The molecule has 0 spiro atoms. The molecule has 1 heterocycles. The van der Waals surface area contributed by atoms with E-state index in [1.54, 1.807) is 0 Å². The van der Waals surface area contributed by atoms with Gasteiger partial charge < -0.3 is 5.32 Å². The van der Waals surface area contributed by atoms with Gasteiger partial charge in [0.1, 0.15) is 6.04 Å². The summed E-state index contributed by atoms with van der Waals surface area (Å²) in [5.41, 5.74) is 0. The molecule has 2 bridgehead atoms. The number of hydrogen-bond donors (Lipinski definition) is 1. The maximum atomic E-state index is 12.7. The number of fused-ring (bicyclic) bond motifs is 1. The largest absolute Gasteiger partial charge is 0.355 e. The van der Waals surface area contributed by atoms with Gasteiger partial charge in [0.15, 0.2) is 0 Å². The molecule has 5 atom stereocenters. The van der Waals surface area contributed by atoms with Crippen molar-refractivity contribution in [3.8, 4) is 0 Å². The first-order valence-corrected chi connectivity index (χ1v) is 7.93. The number of rotatable bonds is 4. The molecule has 0 aromatic rings. The van der Waals surface area contributed by atoms with Gasteiger partial charge in [-0.05, 0) is 38.0 Å². The molecular weight excluding hydrogens is 268 g/mol. The van der Waals surface area contributed by atoms with Crippen molar-refractivity contribution in [3.05, 3.63) is 12.2 Å². The predicted octanol–water partition coefficient (Wildman–Crippen LogP) is 1.10. The highest BCUT2D eigenvalue weighted by molar-refractivity contribution is 6.09. The lowest BCUT2D eigenvalue weighted by atomic mass is 9.63. The van der Waals surface area contributed by atoms with E-state index >= 15 is 0 Å². The van der Waals surface area contributed by atoms with E-state index in [2.05, 4.69) is 17.5 Å². The molecule has 21 heavy (non-hydrogen) atoms. The normalized spacial score (nSPS) is 35.0. The van der Waals surface area contributed by atoms with Crippen LogP contribution in [0.25, 0.3) is 0 Å². The number of nitrogens with one attached hydrogen (secondary N) is 1. The first-order valence-electron chi connectivity index (χ1n) is 7.93. The van der Waals surface area contributed by atoms with Crippen molar-refractivity contribution in [2.45, 2.75) is 39.2 Å². The van der Waals surface area contributed by atoms with E-state index in [0.717, 1.165) is 12.8 Å². The van der Waals surface area contributed by atoms with Gasteiger partial charge in [-0.1, -0.05) is 19.1 Å². The van der Waals surface area contributed by atoms with Gasteiger partial charge in [-0.25, -0.2) is 0 Å². The van der Waals surface area contributed by atoms with Gasteiger partial charge in [0.2, 0.25) is 17.7 Å². The minimum atomic E-state index is -0.657. The van der Waals surface area contributed by atoms with Crippen molar-refractivity contribution in [2.75, 3.05) is 6.54 Å². The van der Waals surface area contributed by atoms with E-state index < -0.39 is 6.04 Å². The van der Waals surface area contributed by atoms with Crippen LogP contribution in [0.2, 0.25) is 0 Å². The highest BCUT2D eigenvalue weighted by Crippen LogP contribution is 2.50. The first-order chi connectivity index (χ1) is 10.1. The van der Waals surface area contributed by atoms with E-state index in [4.69, 9.17) is 0 Å². The summed E-state index contributed by atoms with van der Waals surface area (Å²) in [7, 11) is 0. The Hall–Kier alpha value is -1.65. The Morgan fingerprint density at radius 2 is 1.71 bits per heavy atom. The van der Waals surface area contributed by atoms with Gasteiger partial charge in [0.05, 0.1) is 11.8 Å². The molecule has 114 valence electrons. The fraction of sp³-hybridized carbons (Fsp3) is 0.688. The Kier molecular flexibility index (Phi) is 3.59. The van der Waals surface area contributed by atoms with Gasteiger partial charge in [-0.15, -0.1) is 0 Å². The highest BCUT2D eigenvalue weighted by atomic mass is 16.2. The maximum Gasteiger partial charge on any atom is 0.243 e. The second-order valence-electron chi connectivity index (χ2n) is 6.21. The SMILES string of the molecule is CCNC(=O)C(CC)N1C(=O)C2C3C=CC(CC3)C2C1=O. The summed E-state index contributed by atoms with van der Waals surface area (Å²) in [6.07, 6.45) is 6.61. The topological polar surface area (TPSA) is 66.5 Å². The number of imide groups is 1. The summed E-state index contributed by atoms with van der Waals surface area (Å²) < 4.78 is 0. The highest BCUT2D eigenvalue weighted by Gasteiger charge is 2.58. The Morgan fingerprint density at radius 1 is 1.19 bits per heavy atom. The Bertz CT molecular complexity index is 482. The summed E-state index contributed by atoms with van der Waals surface area (Å²) in [5.74, 6) is -0.610. The zero-order valence-corrected chi connectivity index (χ0v) is 12.5. The second kappa shape index (κ2) is 5.28. The molecule has 4 aliphatic rings. The van der Waals surface area contributed by atoms with Crippen LogP contribution in [-0.4, -0.2) is 35.2 Å². The van der Waals surface area contributed by atoms with Crippen LogP contribution in [0.5, 0.6) is 0 Å². The number of carbonyl (C=O) groups is 3. The predicted molar refractivity (Wildman–Crippen MR) is 76.9 cm³/mol. The van der Waals surface area contributed by atoms with E-state index in [1.807, 2.05) is 13.8 Å². The van der Waals surface area contributed by atoms with Gasteiger partial charge in [0.25, 0.3) is 0 Å². The molecule has 1 saturated carbocycles. The minimum Gasteiger partial charge on any atom is -0.355 e.